The molecule has 0 unspecified atom stereocenters. The monoisotopic (exact) mass is 600 g/mol. The molecule has 0 aliphatic carbocycles. The Bertz CT molecular complexity index is 1830. The molecule has 2 aromatic heterocycles. The highest BCUT2D eigenvalue weighted by Gasteiger charge is 2.21. The van der Waals surface area contributed by atoms with Crippen molar-refractivity contribution in [1.29, 1.82) is 0 Å². The summed E-state index contributed by atoms with van der Waals surface area (Å²) in [6.45, 7) is 4.37. The van der Waals surface area contributed by atoms with Gasteiger partial charge in [0.1, 0.15) is 21.5 Å². The van der Waals surface area contributed by atoms with E-state index >= 15 is 0 Å². The third-order valence-corrected chi connectivity index (χ3v) is 8.21. The molecule has 4 aromatic carbocycles. The Morgan fingerprint density at radius 2 is 1.57 bits per heavy atom. The number of aryl methyl sites for hydroxylation is 2. The number of aromatic nitrogens is 3. The number of carbonyl (C=O) groups is 1. The Labute approximate surface area is 260 Å². The number of carbonyl (C=O) groups excluding carboxylic acids is 1. The normalized spacial score (nSPS) is 11.7. The first-order valence-corrected chi connectivity index (χ1v) is 15.3. The van der Waals surface area contributed by atoms with Gasteiger partial charge in [0.05, 0.1) is 18.3 Å². The summed E-state index contributed by atoms with van der Waals surface area (Å²) in [6.07, 6.45) is 1.30. The number of ether oxygens (including phenoxy) is 1. The molecule has 220 valence electrons. The van der Waals surface area contributed by atoms with E-state index in [2.05, 4.69) is 32.6 Å². The van der Waals surface area contributed by atoms with Crippen molar-refractivity contribution in [3.05, 3.63) is 147 Å². The molecule has 1 N–H and O–H groups in total. The fourth-order valence-corrected chi connectivity index (χ4v) is 5.73. The molecule has 8 heteroatoms. The molecule has 0 fully saturated rings. The van der Waals surface area contributed by atoms with Crippen LogP contribution in [0.25, 0.3) is 11.5 Å². The Balaban J connectivity index is 1.12. The van der Waals surface area contributed by atoms with Crippen LogP contribution >= 0.6 is 11.3 Å². The maximum absolute atomic E-state index is 13.4. The minimum Gasteiger partial charge on any atom is -0.493 e. The number of para-hydroxylation sites is 1. The first-order valence-electron chi connectivity index (χ1n) is 14.5. The second kappa shape index (κ2) is 13.5. The SMILES string of the molecule is Cc1nnc([C@H](Cc2ccc(OCCc3nc(-c4ccccc4)oc3C)cc2)Nc2ccccc2C(=O)c2ccccc2)s1. The lowest BCUT2D eigenvalue weighted by Gasteiger charge is -2.20. The number of rotatable bonds is 12. The van der Waals surface area contributed by atoms with Crippen LogP contribution < -0.4 is 10.1 Å². The van der Waals surface area contributed by atoms with Crippen molar-refractivity contribution in [1.82, 2.24) is 15.2 Å². The van der Waals surface area contributed by atoms with Crippen molar-refractivity contribution in [2.45, 2.75) is 32.7 Å². The Morgan fingerprint density at radius 3 is 2.30 bits per heavy atom. The molecule has 0 saturated carbocycles. The van der Waals surface area contributed by atoms with Gasteiger partial charge in [-0.3, -0.25) is 4.79 Å². The molecule has 0 amide bonds. The van der Waals surface area contributed by atoms with Crippen LogP contribution in [-0.2, 0) is 12.8 Å². The summed E-state index contributed by atoms with van der Waals surface area (Å²) < 4.78 is 11.9. The number of nitrogens with zero attached hydrogens (tertiary/aromatic N) is 3. The molecule has 44 heavy (non-hydrogen) atoms. The van der Waals surface area contributed by atoms with Gasteiger partial charge in [0.2, 0.25) is 5.89 Å². The van der Waals surface area contributed by atoms with Crippen LogP contribution in [-0.4, -0.2) is 27.6 Å². The van der Waals surface area contributed by atoms with Crippen molar-refractivity contribution >= 4 is 22.8 Å². The van der Waals surface area contributed by atoms with Crippen LogP contribution in [0.5, 0.6) is 5.75 Å². The molecule has 6 rings (SSSR count). The van der Waals surface area contributed by atoms with E-state index in [0.29, 0.717) is 36.5 Å². The molecule has 0 radical (unpaired) electrons. The van der Waals surface area contributed by atoms with Crippen molar-refractivity contribution in [3.8, 4) is 17.2 Å². The zero-order chi connectivity index (χ0) is 30.3. The standard InChI is InChI=1S/C36H32N4O3S/c1-24-31(38-35(43-24)28-13-7-4-8-14-28)21-22-42-29-19-17-26(18-20-29)23-33(36-40-39-25(2)44-36)37-32-16-10-9-15-30(32)34(41)27-11-5-3-6-12-27/h3-20,33,37H,21-23H2,1-2H3/t33-/m0/s1. The first kappa shape index (κ1) is 29.0. The quantitative estimate of drug-likeness (QED) is 0.142. The number of nitrogens with one attached hydrogen (secondary N) is 1. The Morgan fingerprint density at radius 1 is 0.864 bits per heavy atom. The maximum atomic E-state index is 13.4. The number of hydrogen-bond acceptors (Lipinski definition) is 8. The van der Waals surface area contributed by atoms with E-state index in [0.717, 1.165) is 44.0 Å². The van der Waals surface area contributed by atoms with Gasteiger partial charge < -0.3 is 14.5 Å². The molecule has 2 heterocycles. The van der Waals surface area contributed by atoms with Crippen LogP contribution in [0.3, 0.4) is 0 Å². The molecule has 0 bridgehead atoms. The fourth-order valence-electron chi connectivity index (χ4n) is 4.98. The van der Waals surface area contributed by atoms with Crippen molar-refractivity contribution in [2.75, 3.05) is 11.9 Å². The number of ketones is 1. The topological polar surface area (TPSA) is 90.1 Å². The second-order valence-corrected chi connectivity index (χ2v) is 11.6. The molecular weight excluding hydrogens is 568 g/mol. The zero-order valence-corrected chi connectivity index (χ0v) is 25.4. The van der Waals surface area contributed by atoms with E-state index in [9.17, 15) is 4.79 Å². The minimum absolute atomic E-state index is 0.0282. The number of benzene rings is 4. The highest BCUT2D eigenvalue weighted by Crippen LogP contribution is 2.30. The van der Waals surface area contributed by atoms with E-state index in [1.165, 1.54) is 0 Å². The minimum atomic E-state index is -0.174. The molecular formula is C36H32N4O3S. The predicted octanol–water partition coefficient (Wildman–Crippen LogP) is 8.06. The van der Waals surface area contributed by atoms with Crippen LogP contribution in [0.2, 0.25) is 0 Å². The Hall–Kier alpha value is -5.08. The van der Waals surface area contributed by atoms with Gasteiger partial charge in [-0.25, -0.2) is 4.98 Å². The van der Waals surface area contributed by atoms with Crippen molar-refractivity contribution in [2.24, 2.45) is 0 Å². The summed E-state index contributed by atoms with van der Waals surface area (Å²) in [4.78, 5) is 18.0. The summed E-state index contributed by atoms with van der Waals surface area (Å²) in [5, 5.41) is 14.0. The van der Waals surface area contributed by atoms with Crippen LogP contribution in [0.4, 0.5) is 5.69 Å². The van der Waals surface area contributed by atoms with E-state index in [-0.39, 0.29) is 11.8 Å². The molecule has 1 atom stereocenters. The molecule has 0 saturated heterocycles. The average Bonchev–Trinajstić information content (AvgIpc) is 3.67. The third kappa shape index (κ3) is 6.93. The van der Waals surface area contributed by atoms with E-state index < -0.39 is 0 Å². The maximum Gasteiger partial charge on any atom is 0.226 e. The first-order chi connectivity index (χ1) is 21.5. The van der Waals surface area contributed by atoms with E-state index in [1.807, 2.05) is 111 Å². The lowest BCUT2D eigenvalue weighted by Crippen LogP contribution is -2.16. The van der Waals surface area contributed by atoms with Crippen molar-refractivity contribution < 1.29 is 13.9 Å². The summed E-state index contributed by atoms with van der Waals surface area (Å²) in [5.41, 5.74) is 4.99. The van der Waals surface area contributed by atoms with Crippen LogP contribution in [0.15, 0.2) is 114 Å². The lowest BCUT2D eigenvalue weighted by molar-refractivity contribution is 0.103. The van der Waals surface area contributed by atoms with E-state index in [1.54, 1.807) is 11.3 Å². The summed E-state index contributed by atoms with van der Waals surface area (Å²) in [7, 11) is 0. The summed E-state index contributed by atoms with van der Waals surface area (Å²) in [5.74, 6) is 2.19. The Kier molecular flexibility index (Phi) is 8.89. The van der Waals surface area contributed by atoms with E-state index in [4.69, 9.17) is 9.15 Å². The highest BCUT2D eigenvalue weighted by atomic mass is 32.1. The molecule has 6 aromatic rings. The van der Waals surface area contributed by atoms with Crippen LogP contribution in [0.1, 0.15) is 49.0 Å². The largest absolute Gasteiger partial charge is 0.493 e. The fraction of sp³-hybridized carbons (Fsp3) is 0.167. The second-order valence-electron chi connectivity index (χ2n) is 10.4. The molecule has 0 aliphatic heterocycles. The highest BCUT2D eigenvalue weighted by molar-refractivity contribution is 7.11. The van der Waals surface area contributed by atoms with Gasteiger partial charge in [0.15, 0.2) is 5.78 Å². The zero-order valence-electron chi connectivity index (χ0n) is 24.6. The molecule has 7 nitrogen and oxygen atoms in total. The smallest absolute Gasteiger partial charge is 0.226 e. The van der Waals surface area contributed by atoms with Crippen LogP contribution in [0, 0.1) is 13.8 Å². The van der Waals surface area contributed by atoms with Gasteiger partial charge in [-0.1, -0.05) is 84.1 Å². The van der Waals surface area contributed by atoms with Gasteiger partial charge in [-0.05, 0) is 62.2 Å². The van der Waals surface area contributed by atoms with Gasteiger partial charge in [-0.15, -0.1) is 10.2 Å². The number of anilines is 1. The number of hydrogen-bond donors (Lipinski definition) is 1. The lowest BCUT2D eigenvalue weighted by atomic mass is 10.00. The van der Waals surface area contributed by atoms with Gasteiger partial charge >= 0.3 is 0 Å². The molecule has 0 aliphatic rings. The summed E-state index contributed by atoms with van der Waals surface area (Å²) in [6, 6.07) is 34.8. The van der Waals surface area contributed by atoms with Crippen molar-refractivity contribution in [3.63, 3.8) is 0 Å². The van der Waals surface area contributed by atoms with Gasteiger partial charge in [-0.2, -0.15) is 0 Å². The number of oxazole rings is 1. The third-order valence-electron chi connectivity index (χ3n) is 7.26. The average molecular weight is 601 g/mol. The summed E-state index contributed by atoms with van der Waals surface area (Å²) >= 11 is 1.55. The molecule has 0 spiro atoms. The predicted molar refractivity (Wildman–Crippen MR) is 173 cm³/mol. The van der Waals surface area contributed by atoms with Gasteiger partial charge in [0, 0.05) is 28.8 Å². The van der Waals surface area contributed by atoms with Gasteiger partial charge in [0.25, 0.3) is 0 Å².